The Labute approximate surface area is 56.0 Å². The zero-order chi connectivity index (χ0) is 6.69. The normalized spacial score (nSPS) is 30.7. The van der Waals surface area contributed by atoms with Crippen molar-refractivity contribution < 1.29 is 4.74 Å². The van der Waals surface area contributed by atoms with Gasteiger partial charge >= 0.3 is 0 Å². The van der Waals surface area contributed by atoms with Crippen LogP contribution in [0.15, 0.2) is 0 Å². The molecule has 0 aliphatic carbocycles. The molecule has 1 aliphatic heterocycles. The maximum absolute atomic E-state index is 5.11. The highest BCUT2D eigenvalue weighted by molar-refractivity contribution is 4.68. The molecule has 1 atom stereocenters. The van der Waals surface area contributed by atoms with Gasteiger partial charge in [-0.3, -0.25) is 5.32 Å². The Kier molecular flexibility index (Phi) is 2.45. The molecule has 1 aliphatic rings. The molecule has 1 fully saturated rings. The zero-order valence-corrected chi connectivity index (χ0v) is 6.05. The van der Waals surface area contributed by atoms with Crippen LogP contribution >= 0.6 is 0 Å². The average Bonchev–Trinajstić information content (AvgIpc) is 1.88. The van der Waals surface area contributed by atoms with Crippen LogP contribution in [0, 0.1) is 0 Å². The molecule has 0 aromatic rings. The lowest BCUT2D eigenvalue weighted by atomic mass is 10.4. The molecule has 0 unspecified atom stereocenters. The lowest BCUT2D eigenvalue weighted by Crippen LogP contribution is -2.49. The summed E-state index contributed by atoms with van der Waals surface area (Å²) >= 11 is 0. The van der Waals surface area contributed by atoms with Crippen molar-refractivity contribution in [2.75, 3.05) is 33.8 Å². The smallest absolute Gasteiger partial charge is 0.120 e. The minimum Gasteiger partial charge on any atom is -0.365 e. The highest BCUT2D eigenvalue weighted by Gasteiger charge is 2.13. The molecule has 3 heteroatoms. The van der Waals surface area contributed by atoms with E-state index in [1.54, 1.807) is 7.11 Å². The highest BCUT2D eigenvalue weighted by atomic mass is 16.5. The highest BCUT2D eigenvalue weighted by Crippen LogP contribution is 1.94. The second kappa shape index (κ2) is 3.15. The summed E-state index contributed by atoms with van der Waals surface area (Å²) in [6.45, 7) is 3.16. The van der Waals surface area contributed by atoms with Crippen molar-refractivity contribution in [3.05, 3.63) is 0 Å². The van der Waals surface area contributed by atoms with Crippen molar-refractivity contribution in [1.82, 2.24) is 10.2 Å². The van der Waals surface area contributed by atoms with Gasteiger partial charge in [-0.25, -0.2) is 0 Å². The van der Waals surface area contributed by atoms with E-state index in [-0.39, 0.29) is 6.23 Å². The van der Waals surface area contributed by atoms with Crippen LogP contribution in [0.5, 0.6) is 0 Å². The van der Waals surface area contributed by atoms with Crippen LogP contribution in [0.1, 0.15) is 0 Å². The van der Waals surface area contributed by atoms with Crippen LogP contribution in [-0.4, -0.2) is 44.9 Å². The van der Waals surface area contributed by atoms with E-state index in [4.69, 9.17) is 4.74 Å². The molecule has 0 bridgehead atoms. The van der Waals surface area contributed by atoms with Gasteiger partial charge in [0.05, 0.1) is 0 Å². The van der Waals surface area contributed by atoms with E-state index in [1.165, 1.54) is 0 Å². The molecule has 3 nitrogen and oxygen atoms in total. The van der Waals surface area contributed by atoms with E-state index in [1.807, 2.05) is 0 Å². The molecule has 0 saturated carbocycles. The van der Waals surface area contributed by atoms with Gasteiger partial charge < -0.3 is 9.64 Å². The van der Waals surface area contributed by atoms with E-state index in [0.717, 1.165) is 19.6 Å². The van der Waals surface area contributed by atoms with Crippen molar-refractivity contribution in [2.45, 2.75) is 6.23 Å². The average molecular weight is 130 g/mol. The molecule has 1 heterocycles. The summed E-state index contributed by atoms with van der Waals surface area (Å²) in [5.41, 5.74) is 0. The first-order valence-corrected chi connectivity index (χ1v) is 3.27. The monoisotopic (exact) mass is 130 g/mol. The van der Waals surface area contributed by atoms with Gasteiger partial charge in [-0.05, 0) is 7.05 Å². The third kappa shape index (κ3) is 1.93. The van der Waals surface area contributed by atoms with E-state index < -0.39 is 0 Å². The fourth-order valence-electron chi connectivity index (χ4n) is 1.01. The van der Waals surface area contributed by atoms with E-state index in [9.17, 15) is 0 Å². The third-order valence-corrected chi connectivity index (χ3v) is 1.63. The molecular formula is C6H14N2O. The quantitative estimate of drug-likeness (QED) is 0.517. The van der Waals surface area contributed by atoms with Gasteiger partial charge in [-0.15, -0.1) is 0 Å². The molecule has 0 aromatic heterocycles. The SMILES string of the molecule is CO[C@@H]1CN(C)CCN1. The summed E-state index contributed by atoms with van der Waals surface area (Å²) in [6.07, 6.45) is 0.240. The predicted molar refractivity (Wildman–Crippen MR) is 36.3 cm³/mol. The van der Waals surface area contributed by atoms with Gasteiger partial charge in [0.1, 0.15) is 6.23 Å². The number of hydrogen-bond donors (Lipinski definition) is 1. The van der Waals surface area contributed by atoms with Gasteiger partial charge in [-0.1, -0.05) is 0 Å². The predicted octanol–water partition coefficient (Wildman–Crippen LogP) is -0.506. The lowest BCUT2D eigenvalue weighted by Gasteiger charge is -2.29. The number of likely N-dealkylation sites (N-methyl/N-ethyl adjacent to an activating group) is 1. The molecule has 0 radical (unpaired) electrons. The standard InChI is InChI=1S/C6H14N2O/c1-8-4-3-7-6(5-8)9-2/h6-7H,3-5H2,1-2H3/t6-/m1/s1. The van der Waals surface area contributed by atoms with Crippen molar-refractivity contribution >= 4 is 0 Å². The summed E-state index contributed by atoms with van der Waals surface area (Å²) in [7, 11) is 3.84. The third-order valence-electron chi connectivity index (χ3n) is 1.63. The topological polar surface area (TPSA) is 24.5 Å². The molecule has 0 amide bonds. The fraction of sp³-hybridized carbons (Fsp3) is 1.00. The molecular weight excluding hydrogens is 116 g/mol. The van der Waals surface area contributed by atoms with Crippen molar-refractivity contribution in [3.8, 4) is 0 Å². The number of ether oxygens (including phenoxy) is 1. The van der Waals surface area contributed by atoms with E-state index in [0.29, 0.717) is 0 Å². The summed E-state index contributed by atoms with van der Waals surface area (Å²) in [5.74, 6) is 0. The minimum absolute atomic E-state index is 0.240. The number of piperazine rings is 1. The van der Waals surface area contributed by atoms with Crippen molar-refractivity contribution in [2.24, 2.45) is 0 Å². The number of nitrogens with zero attached hydrogens (tertiary/aromatic N) is 1. The van der Waals surface area contributed by atoms with Gasteiger partial charge in [0, 0.05) is 26.7 Å². The van der Waals surface area contributed by atoms with Crippen molar-refractivity contribution in [1.29, 1.82) is 0 Å². The van der Waals surface area contributed by atoms with Crippen LogP contribution in [0.3, 0.4) is 0 Å². The Bertz CT molecular complexity index is 87.1. The molecule has 0 spiro atoms. The first-order chi connectivity index (χ1) is 4.33. The molecule has 9 heavy (non-hydrogen) atoms. The Hall–Kier alpha value is -0.120. The second-order valence-corrected chi connectivity index (χ2v) is 2.44. The van der Waals surface area contributed by atoms with E-state index in [2.05, 4.69) is 17.3 Å². The molecule has 54 valence electrons. The van der Waals surface area contributed by atoms with Crippen LogP contribution in [-0.2, 0) is 4.74 Å². The van der Waals surface area contributed by atoms with Crippen LogP contribution in [0.25, 0.3) is 0 Å². The summed E-state index contributed by atoms with van der Waals surface area (Å²) in [5, 5.41) is 3.24. The fourth-order valence-corrected chi connectivity index (χ4v) is 1.01. The first kappa shape index (κ1) is 6.99. The minimum atomic E-state index is 0.240. The van der Waals surface area contributed by atoms with Gasteiger partial charge in [-0.2, -0.15) is 0 Å². The largest absolute Gasteiger partial charge is 0.365 e. The molecule has 1 rings (SSSR count). The number of nitrogens with one attached hydrogen (secondary N) is 1. The Balaban J connectivity index is 2.23. The molecule has 0 aromatic carbocycles. The maximum Gasteiger partial charge on any atom is 0.120 e. The summed E-state index contributed by atoms with van der Waals surface area (Å²) in [4.78, 5) is 2.25. The molecule has 1 N–H and O–H groups in total. The van der Waals surface area contributed by atoms with E-state index >= 15 is 0 Å². The van der Waals surface area contributed by atoms with Gasteiger partial charge in [0.25, 0.3) is 0 Å². The van der Waals surface area contributed by atoms with Crippen molar-refractivity contribution in [3.63, 3.8) is 0 Å². The number of methoxy groups -OCH3 is 1. The van der Waals surface area contributed by atoms with Gasteiger partial charge in [0.15, 0.2) is 0 Å². The van der Waals surface area contributed by atoms with Crippen LogP contribution in [0.4, 0.5) is 0 Å². The van der Waals surface area contributed by atoms with Gasteiger partial charge in [0.2, 0.25) is 0 Å². The molecule has 1 saturated heterocycles. The zero-order valence-electron chi connectivity index (χ0n) is 6.05. The van der Waals surface area contributed by atoms with Crippen LogP contribution in [0.2, 0.25) is 0 Å². The summed E-state index contributed by atoms with van der Waals surface area (Å²) in [6, 6.07) is 0. The Morgan fingerprint density at radius 1 is 1.67 bits per heavy atom. The lowest BCUT2D eigenvalue weighted by molar-refractivity contribution is 0.0247. The number of hydrogen-bond acceptors (Lipinski definition) is 3. The first-order valence-electron chi connectivity index (χ1n) is 3.27. The Morgan fingerprint density at radius 2 is 2.44 bits per heavy atom. The Morgan fingerprint density at radius 3 is 2.89 bits per heavy atom. The maximum atomic E-state index is 5.11. The number of rotatable bonds is 1. The second-order valence-electron chi connectivity index (χ2n) is 2.44. The van der Waals surface area contributed by atoms with Crippen LogP contribution < -0.4 is 5.32 Å². The summed E-state index contributed by atoms with van der Waals surface area (Å²) < 4.78 is 5.11.